The molecule has 3 heteroatoms. The van der Waals surface area contributed by atoms with E-state index < -0.39 is 0 Å². The van der Waals surface area contributed by atoms with Gasteiger partial charge in [-0.1, -0.05) is 0 Å². The highest BCUT2D eigenvalue weighted by Crippen LogP contribution is 2.14. The maximum atomic E-state index is 4.03. The Morgan fingerprint density at radius 2 is 2.45 bits per heavy atom. The van der Waals surface area contributed by atoms with Crippen LogP contribution in [-0.4, -0.2) is 18.0 Å². The summed E-state index contributed by atoms with van der Waals surface area (Å²) in [4.78, 5) is 11.5. The molecule has 0 aliphatic carbocycles. The molecule has 0 saturated carbocycles. The van der Waals surface area contributed by atoms with Crippen LogP contribution in [0.25, 0.3) is 0 Å². The van der Waals surface area contributed by atoms with Crippen molar-refractivity contribution in [2.24, 2.45) is 9.98 Å². The number of hydrogen-bond acceptors (Lipinski definition) is 2. The summed E-state index contributed by atoms with van der Waals surface area (Å²) < 4.78 is 0. The van der Waals surface area contributed by atoms with Gasteiger partial charge in [-0.3, -0.25) is 9.98 Å². The van der Waals surface area contributed by atoms with Crippen LogP contribution in [0.5, 0.6) is 0 Å². The van der Waals surface area contributed by atoms with Crippen molar-refractivity contribution in [3.63, 3.8) is 0 Å². The SMILES string of the molecule is C=N/C=N\c1ccncc1C. The standard InChI is InChI=1S/C8H9N3/c1-7-5-10-4-3-8(7)11-6-9-2/h3-6H,2H2,1H3/b11-6-. The van der Waals surface area contributed by atoms with Gasteiger partial charge in [-0.2, -0.15) is 0 Å². The summed E-state index contributed by atoms with van der Waals surface area (Å²) in [6.07, 6.45) is 4.88. The first-order valence-electron chi connectivity index (χ1n) is 3.23. The Bertz CT molecular complexity index is 278. The lowest BCUT2D eigenvalue weighted by Gasteiger charge is -1.94. The zero-order valence-electron chi connectivity index (χ0n) is 6.36. The van der Waals surface area contributed by atoms with E-state index in [1.54, 1.807) is 12.4 Å². The lowest BCUT2D eigenvalue weighted by Crippen LogP contribution is -1.76. The van der Waals surface area contributed by atoms with E-state index in [4.69, 9.17) is 0 Å². The van der Waals surface area contributed by atoms with Gasteiger partial charge in [0, 0.05) is 12.4 Å². The monoisotopic (exact) mass is 147 g/mol. The van der Waals surface area contributed by atoms with Gasteiger partial charge in [0.2, 0.25) is 0 Å². The van der Waals surface area contributed by atoms with E-state index in [1.807, 2.05) is 13.0 Å². The third-order valence-electron chi connectivity index (χ3n) is 1.27. The number of aromatic nitrogens is 1. The number of aryl methyl sites for hydroxylation is 1. The van der Waals surface area contributed by atoms with Gasteiger partial charge >= 0.3 is 0 Å². The number of rotatable bonds is 2. The molecule has 0 bridgehead atoms. The molecular weight excluding hydrogens is 138 g/mol. The third-order valence-corrected chi connectivity index (χ3v) is 1.27. The van der Waals surface area contributed by atoms with Crippen LogP contribution in [0.2, 0.25) is 0 Å². The molecule has 0 N–H and O–H groups in total. The Balaban J connectivity index is 2.94. The average Bonchev–Trinajstić information content (AvgIpc) is 2.03. The maximum absolute atomic E-state index is 4.03. The molecule has 1 aromatic heterocycles. The van der Waals surface area contributed by atoms with Gasteiger partial charge in [0.05, 0.1) is 5.69 Å². The van der Waals surface area contributed by atoms with Crippen molar-refractivity contribution in [1.82, 2.24) is 4.98 Å². The second-order valence-electron chi connectivity index (χ2n) is 2.09. The highest BCUT2D eigenvalue weighted by Gasteiger charge is 1.90. The van der Waals surface area contributed by atoms with Crippen molar-refractivity contribution in [3.8, 4) is 0 Å². The Morgan fingerprint density at radius 3 is 3.09 bits per heavy atom. The quantitative estimate of drug-likeness (QED) is 0.464. The fourth-order valence-electron chi connectivity index (χ4n) is 0.714. The molecule has 3 nitrogen and oxygen atoms in total. The molecule has 1 heterocycles. The van der Waals surface area contributed by atoms with Crippen LogP contribution in [0, 0.1) is 6.92 Å². The van der Waals surface area contributed by atoms with E-state index in [0.717, 1.165) is 11.3 Å². The molecule has 0 radical (unpaired) electrons. The van der Waals surface area contributed by atoms with Crippen LogP contribution in [0.1, 0.15) is 5.56 Å². The van der Waals surface area contributed by atoms with Gasteiger partial charge in [-0.05, 0) is 25.3 Å². The van der Waals surface area contributed by atoms with Crippen LogP contribution < -0.4 is 0 Å². The summed E-state index contributed by atoms with van der Waals surface area (Å²) >= 11 is 0. The minimum Gasteiger partial charge on any atom is -0.264 e. The van der Waals surface area contributed by atoms with Crippen LogP contribution in [0.15, 0.2) is 28.4 Å². The molecule has 0 unspecified atom stereocenters. The van der Waals surface area contributed by atoms with E-state index >= 15 is 0 Å². The fraction of sp³-hybridized carbons (Fsp3) is 0.125. The molecule has 56 valence electrons. The minimum absolute atomic E-state index is 0.882. The molecule has 0 saturated heterocycles. The van der Waals surface area contributed by atoms with Gasteiger partial charge in [0.15, 0.2) is 0 Å². The van der Waals surface area contributed by atoms with Crippen LogP contribution in [0.3, 0.4) is 0 Å². The van der Waals surface area contributed by atoms with Crippen molar-refractivity contribution >= 4 is 18.7 Å². The number of hydrogen-bond donors (Lipinski definition) is 0. The summed E-state index contributed by atoms with van der Waals surface area (Å²) in [5.74, 6) is 0. The zero-order chi connectivity index (χ0) is 8.10. The van der Waals surface area contributed by atoms with Gasteiger partial charge in [-0.15, -0.1) is 0 Å². The Morgan fingerprint density at radius 1 is 1.64 bits per heavy atom. The molecule has 0 fully saturated rings. The molecule has 1 rings (SSSR count). The number of nitrogens with zero attached hydrogens (tertiary/aromatic N) is 3. The molecule has 0 aliphatic heterocycles. The predicted molar refractivity (Wildman–Crippen MR) is 46.7 cm³/mol. The normalized spacial score (nSPS) is 10.3. The van der Waals surface area contributed by atoms with E-state index in [-0.39, 0.29) is 0 Å². The molecule has 0 spiro atoms. The van der Waals surface area contributed by atoms with E-state index in [9.17, 15) is 0 Å². The van der Waals surface area contributed by atoms with Gasteiger partial charge in [0.1, 0.15) is 6.34 Å². The Kier molecular flexibility index (Phi) is 2.49. The van der Waals surface area contributed by atoms with E-state index in [0.29, 0.717) is 0 Å². The summed E-state index contributed by atoms with van der Waals surface area (Å²) in [7, 11) is 0. The molecular formula is C8H9N3. The lowest BCUT2D eigenvalue weighted by atomic mass is 10.3. The van der Waals surface area contributed by atoms with Crippen LogP contribution in [-0.2, 0) is 0 Å². The lowest BCUT2D eigenvalue weighted by molar-refractivity contribution is 1.25. The van der Waals surface area contributed by atoms with Crippen molar-refractivity contribution in [2.75, 3.05) is 0 Å². The smallest absolute Gasteiger partial charge is 0.115 e. The molecule has 0 atom stereocenters. The zero-order valence-corrected chi connectivity index (χ0v) is 6.36. The Labute approximate surface area is 65.5 Å². The number of pyridine rings is 1. The third kappa shape index (κ3) is 1.97. The molecule has 1 aromatic rings. The first kappa shape index (κ1) is 7.60. The first-order valence-corrected chi connectivity index (χ1v) is 3.23. The highest BCUT2D eigenvalue weighted by molar-refractivity contribution is 5.67. The summed E-state index contributed by atoms with van der Waals surface area (Å²) in [6, 6.07) is 1.83. The van der Waals surface area contributed by atoms with Crippen molar-refractivity contribution in [3.05, 3.63) is 24.0 Å². The van der Waals surface area contributed by atoms with Gasteiger partial charge in [-0.25, -0.2) is 4.99 Å². The summed E-state index contributed by atoms with van der Waals surface area (Å²) in [5.41, 5.74) is 1.92. The predicted octanol–water partition coefficient (Wildman–Crippen LogP) is 1.75. The summed E-state index contributed by atoms with van der Waals surface area (Å²) in [6.45, 7) is 5.24. The highest BCUT2D eigenvalue weighted by atomic mass is 14.8. The number of aliphatic imine (C=N–C) groups is 2. The van der Waals surface area contributed by atoms with Crippen molar-refractivity contribution < 1.29 is 0 Å². The molecule has 0 amide bonds. The van der Waals surface area contributed by atoms with E-state index in [2.05, 4.69) is 21.7 Å². The average molecular weight is 147 g/mol. The maximum Gasteiger partial charge on any atom is 0.115 e. The molecule has 0 aliphatic rings. The minimum atomic E-state index is 0.882. The molecule has 0 aromatic carbocycles. The van der Waals surface area contributed by atoms with Crippen molar-refractivity contribution in [2.45, 2.75) is 6.92 Å². The summed E-state index contributed by atoms with van der Waals surface area (Å²) in [5, 5.41) is 0. The van der Waals surface area contributed by atoms with Crippen LogP contribution >= 0.6 is 0 Å². The second-order valence-corrected chi connectivity index (χ2v) is 2.09. The largest absolute Gasteiger partial charge is 0.264 e. The van der Waals surface area contributed by atoms with Gasteiger partial charge < -0.3 is 0 Å². The first-order chi connectivity index (χ1) is 5.34. The molecule has 11 heavy (non-hydrogen) atoms. The fourth-order valence-corrected chi connectivity index (χ4v) is 0.714. The van der Waals surface area contributed by atoms with Gasteiger partial charge in [0.25, 0.3) is 0 Å². The van der Waals surface area contributed by atoms with Crippen molar-refractivity contribution in [1.29, 1.82) is 0 Å². The van der Waals surface area contributed by atoms with Crippen LogP contribution in [0.4, 0.5) is 5.69 Å². The van der Waals surface area contributed by atoms with E-state index in [1.165, 1.54) is 6.34 Å². The Hall–Kier alpha value is -1.51. The topological polar surface area (TPSA) is 37.6 Å². The second kappa shape index (κ2) is 3.61.